The van der Waals surface area contributed by atoms with Crippen molar-refractivity contribution >= 4 is 52.2 Å². The molecule has 1 fully saturated rings. The molecule has 2 aromatic carbocycles. The molecule has 4 rings (SSSR count). The number of rotatable bonds is 10. The van der Waals surface area contributed by atoms with E-state index in [1.54, 1.807) is 18.2 Å². The summed E-state index contributed by atoms with van der Waals surface area (Å²) in [5.41, 5.74) is 4.05. The molecule has 1 saturated heterocycles. The Balaban J connectivity index is 1.64. The predicted octanol–water partition coefficient (Wildman–Crippen LogP) is 5.27. The summed E-state index contributed by atoms with van der Waals surface area (Å²) in [5.74, 6) is -2.72. The molecule has 3 aromatic rings. The van der Waals surface area contributed by atoms with Gasteiger partial charge in [0.15, 0.2) is 17.2 Å². The lowest BCUT2D eigenvalue weighted by atomic mass is 9.89. The molecule has 1 aromatic heterocycles. The van der Waals surface area contributed by atoms with Gasteiger partial charge in [-0.1, -0.05) is 41.9 Å². The number of hydrogen-bond donors (Lipinski definition) is 5. The highest BCUT2D eigenvalue weighted by molar-refractivity contribution is 7.18. The van der Waals surface area contributed by atoms with Crippen LogP contribution in [-0.2, 0) is 9.59 Å². The van der Waals surface area contributed by atoms with E-state index < -0.39 is 24.6 Å². The van der Waals surface area contributed by atoms with Gasteiger partial charge in [0.2, 0.25) is 5.91 Å². The molecule has 1 atom stereocenters. The van der Waals surface area contributed by atoms with Crippen molar-refractivity contribution in [2.24, 2.45) is 5.92 Å². The number of carboxylic acids is 2. The second-order valence-electron chi connectivity index (χ2n) is 9.44. The maximum atomic E-state index is 13.6. The molecular formula is C28H30ClN3O6S. The van der Waals surface area contributed by atoms with E-state index in [1.807, 2.05) is 38.1 Å². The number of thiophene rings is 1. The zero-order valence-corrected chi connectivity index (χ0v) is 23.1. The first kappa shape index (κ1) is 28.4. The van der Waals surface area contributed by atoms with Crippen molar-refractivity contribution in [3.8, 4) is 16.2 Å². The number of ether oxygens (including phenoxy) is 1. The Morgan fingerprint density at radius 3 is 2.41 bits per heavy atom. The first-order valence-electron chi connectivity index (χ1n) is 12.5. The monoisotopic (exact) mass is 571 g/mol. The van der Waals surface area contributed by atoms with E-state index in [-0.39, 0.29) is 27.5 Å². The Kier molecular flexibility index (Phi) is 9.11. The first-order valence-corrected chi connectivity index (χ1v) is 13.7. The van der Waals surface area contributed by atoms with Crippen LogP contribution in [0.4, 0.5) is 11.4 Å². The maximum Gasteiger partial charge on any atom is 0.349 e. The Bertz CT molecular complexity index is 1370. The predicted molar refractivity (Wildman–Crippen MR) is 152 cm³/mol. The third kappa shape index (κ3) is 6.70. The van der Waals surface area contributed by atoms with Gasteiger partial charge < -0.3 is 30.9 Å². The number of aromatic carboxylic acids is 1. The molecule has 2 heterocycles. The number of halogens is 1. The zero-order valence-electron chi connectivity index (χ0n) is 21.5. The minimum atomic E-state index is -1.27. The summed E-state index contributed by atoms with van der Waals surface area (Å²) in [6.07, 6.45) is 1.67. The number of aryl methyl sites for hydroxylation is 2. The average molecular weight is 572 g/mol. The number of amides is 1. The van der Waals surface area contributed by atoms with Crippen molar-refractivity contribution in [2.75, 3.05) is 30.3 Å². The summed E-state index contributed by atoms with van der Waals surface area (Å²) in [6.45, 7) is 4.85. The molecule has 0 saturated carbocycles. The second-order valence-corrected chi connectivity index (χ2v) is 10.8. The number of nitrogens with one attached hydrogen (secondary N) is 3. The largest absolute Gasteiger partial charge is 0.479 e. The van der Waals surface area contributed by atoms with Crippen LogP contribution in [0.1, 0.15) is 33.6 Å². The molecule has 9 nitrogen and oxygen atoms in total. The van der Waals surface area contributed by atoms with Crippen LogP contribution in [0.5, 0.6) is 5.75 Å². The molecule has 11 heteroatoms. The minimum Gasteiger partial charge on any atom is -0.479 e. The van der Waals surface area contributed by atoms with Gasteiger partial charge in [-0.25, -0.2) is 9.59 Å². The zero-order chi connectivity index (χ0) is 28.1. The van der Waals surface area contributed by atoms with E-state index >= 15 is 0 Å². The smallest absolute Gasteiger partial charge is 0.349 e. The van der Waals surface area contributed by atoms with Crippen molar-refractivity contribution < 1.29 is 29.3 Å². The molecule has 0 spiro atoms. The van der Waals surface area contributed by atoms with E-state index in [9.17, 15) is 19.5 Å². The lowest BCUT2D eigenvalue weighted by molar-refractivity contribution is -0.139. The average Bonchev–Trinajstić information content (AvgIpc) is 3.25. The summed E-state index contributed by atoms with van der Waals surface area (Å²) < 4.78 is 5.20. The number of carboxylic acid groups (broad SMARTS) is 2. The lowest BCUT2D eigenvalue weighted by Crippen LogP contribution is -2.45. The first-order chi connectivity index (χ1) is 18.7. The molecule has 206 valence electrons. The highest BCUT2D eigenvalue weighted by Gasteiger charge is 2.31. The molecule has 5 N–H and O–H groups in total. The fourth-order valence-electron chi connectivity index (χ4n) is 4.70. The molecular weight excluding hydrogens is 542 g/mol. The molecule has 39 heavy (non-hydrogen) atoms. The number of piperidine rings is 1. The Labute approximate surface area is 235 Å². The fourth-order valence-corrected chi connectivity index (χ4v) is 6.10. The highest BCUT2D eigenvalue weighted by atomic mass is 35.5. The Morgan fingerprint density at radius 2 is 1.77 bits per heavy atom. The van der Waals surface area contributed by atoms with E-state index in [4.69, 9.17) is 21.4 Å². The molecule has 1 aliphatic heterocycles. The van der Waals surface area contributed by atoms with E-state index in [0.29, 0.717) is 16.1 Å². The molecule has 0 radical (unpaired) electrons. The minimum absolute atomic E-state index is 0.0264. The maximum absolute atomic E-state index is 13.6. The molecule has 1 amide bonds. The van der Waals surface area contributed by atoms with E-state index in [1.165, 1.54) is 0 Å². The van der Waals surface area contributed by atoms with Crippen LogP contribution in [0.15, 0.2) is 42.5 Å². The van der Waals surface area contributed by atoms with Crippen molar-refractivity contribution in [3.05, 3.63) is 63.5 Å². The highest BCUT2D eigenvalue weighted by Crippen LogP contribution is 2.46. The van der Waals surface area contributed by atoms with Crippen molar-refractivity contribution in [2.45, 2.75) is 32.7 Å². The van der Waals surface area contributed by atoms with Gasteiger partial charge in [-0.2, -0.15) is 0 Å². The summed E-state index contributed by atoms with van der Waals surface area (Å²) >= 11 is 7.38. The summed E-state index contributed by atoms with van der Waals surface area (Å²) in [7, 11) is 0. The number of benzene rings is 2. The SMILES string of the molecule is Cc1cccc(C)c1NC(=O)C(Nc1cccc(-c2sc(C(=O)O)c(OCC(=O)O)c2Cl)c1)C1CCNCC1. The summed E-state index contributed by atoms with van der Waals surface area (Å²) in [6, 6.07) is 12.6. The van der Waals surface area contributed by atoms with Gasteiger partial charge in [-0.05, 0) is 74.5 Å². The lowest BCUT2D eigenvalue weighted by Gasteiger charge is -2.31. The van der Waals surface area contributed by atoms with Crippen LogP contribution < -0.4 is 20.7 Å². The van der Waals surface area contributed by atoms with Crippen LogP contribution >= 0.6 is 22.9 Å². The van der Waals surface area contributed by atoms with Gasteiger partial charge in [0.1, 0.15) is 11.1 Å². The molecule has 1 unspecified atom stereocenters. The van der Waals surface area contributed by atoms with Crippen molar-refractivity contribution in [1.82, 2.24) is 5.32 Å². The van der Waals surface area contributed by atoms with Gasteiger partial charge in [-0.3, -0.25) is 4.79 Å². The van der Waals surface area contributed by atoms with Crippen LogP contribution in [0.25, 0.3) is 10.4 Å². The number of aliphatic carboxylic acids is 1. The second kappa shape index (κ2) is 12.5. The van der Waals surface area contributed by atoms with Crippen LogP contribution in [0, 0.1) is 19.8 Å². The summed E-state index contributed by atoms with van der Waals surface area (Å²) in [5, 5.41) is 28.5. The standard InChI is InChI=1S/C28H30ClN3O6S/c1-15-5-3-6-16(2)22(15)32-27(35)23(17-9-11-30-12-10-17)31-19-8-4-7-18(13-19)25-21(29)24(38-14-20(33)34)26(39-25)28(36)37/h3-8,13,17,23,30-31H,9-12,14H2,1-2H3,(H,32,35)(H,33,34)(H,36,37). The topological polar surface area (TPSA) is 137 Å². The van der Waals surface area contributed by atoms with Gasteiger partial charge in [-0.15, -0.1) is 11.3 Å². The van der Waals surface area contributed by atoms with Crippen molar-refractivity contribution in [3.63, 3.8) is 0 Å². The van der Waals surface area contributed by atoms with Gasteiger partial charge >= 0.3 is 11.9 Å². The van der Waals surface area contributed by atoms with Crippen molar-refractivity contribution in [1.29, 1.82) is 0 Å². The summed E-state index contributed by atoms with van der Waals surface area (Å²) in [4.78, 5) is 36.6. The van der Waals surface area contributed by atoms with Crippen LogP contribution in [-0.4, -0.2) is 53.8 Å². The number of carbonyl (C=O) groups is 3. The van der Waals surface area contributed by atoms with Crippen LogP contribution in [0.3, 0.4) is 0 Å². The number of anilines is 2. The number of para-hydroxylation sites is 1. The Morgan fingerprint density at radius 1 is 1.10 bits per heavy atom. The van der Waals surface area contributed by atoms with Gasteiger partial charge in [0.25, 0.3) is 0 Å². The molecule has 1 aliphatic rings. The Hall–Kier alpha value is -3.60. The molecule has 0 bridgehead atoms. The number of hydrogen-bond acceptors (Lipinski definition) is 7. The van der Waals surface area contributed by atoms with E-state index in [2.05, 4.69) is 16.0 Å². The quantitative estimate of drug-likeness (QED) is 0.222. The third-order valence-electron chi connectivity index (χ3n) is 6.66. The van der Waals surface area contributed by atoms with Gasteiger partial charge in [0, 0.05) is 11.4 Å². The normalized spacial score (nSPS) is 14.4. The molecule has 0 aliphatic carbocycles. The van der Waals surface area contributed by atoms with Crippen LogP contribution in [0.2, 0.25) is 5.02 Å². The number of carbonyl (C=O) groups excluding carboxylic acids is 1. The third-order valence-corrected chi connectivity index (χ3v) is 8.34. The van der Waals surface area contributed by atoms with Gasteiger partial charge in [0.05, 0.1) is 4.88 Å². The fraction of sp³-hybridized carbons (Fsp3) is 0.321. The van der Waals surface area contributed by atoms with E-state index in [0.717, 1.165) is 54.1 Å².